The van der Waals surface area contributed by atoms with Crippen molar-refractivity contribution in [2.45, 2.75) is 6.04 Å². The molecule has 1 fully saturated rings. The summed E-state index contributed by atoms with van der Waals surface area (Å²) in [4.78, 5) is 2.04. The van der Waals surface area contributed by atoms with Crippen molar-refractivity contribution in [1.29, 1.82) is 0 Å². The average molecular weight is 333 g/mol. The smallest absolute Gasteiger partial charge is 0.134 e. The molecule has 0 unspecified atom stereocenters. The van der Waals surface area contributed by atoms with Crippen LogP contribution in [-0.4, -0.2) is 50.0 Å². The van der Waals surface area contributed by atoms with Gasteiger partial charge in [-0.25, -0.2) is 4.39 Å². The van der Waals surface area contributed by atoms with Crippen molar-refractivity contribution in [2.75, 3.05) is 40.0 Å². The largest absolute Gasteiger partial charge is 0.506 e. The second kappa shape index (κ2) is 6.54. The molecular formula is C13H18BrFN2O2. The van der Waals surface area contributed by atoms with Crippen LogP contribution in [0.1, 0.15) is 11.6 Å². The van der Waals surface area contributed by atoms with Crippen LogP contribution in [0.25, 0.3) is 0 Å². The lowest BCUT2D eigenvalue weighted by Crippen LogP contribution is -2.45. The van der Waals surface area contributed by atoms with Gasteiger partial charge in [-0.05, 0) is 28.1 Å². The Morgan fingerprint density at radius 3 is 2.74 bits per heavy atom. The van der Waals surface area contributed by atoms with Crippen LogP contribution in [0.3, 0.4) is 0 Å². The molecule has 106 valence electrons. The predicted molar refractivity (Wildman–Crippen MR) is 75.5 cm³/mol. The van der Waals surface area contributed by atoms with Crippen molar-refractivity contribution < 1.29 is 14.2 Å². The zero-order chi connectivity index (χ0) is 13.8. The van der Waals surface area contributed by atoms with E-state index in [2.05, 4.69) is 21.2 Å². The minimum Gasteiger partial charge on any atom is -0.506 e. The number of methoxy groups -OCH3 is 1. The molecule has 1 aromatic carbocycles. The van der Waals surface area contributed by atoms with E-state index in [9.17, 15) is 9.50 Å². The highest BCUT2D eigenvalue weighted by Crippen LogP contribution is 2.38. The van der Waals surface area contributed by atoms with E-state index in [1.165, 1.54) is 0 Å². The summed E-state index contributed by atoms with van der Waals surface area (Å²) in [5.41, 5.74) is 0.565. The number of hydrogen-bond donors (Lipinski definition) is 2. The predicted octanol–water partition coefficient (Wildman–Crippen LogP) is 2.08. The van der Waals surface area contributed by atoms with Crippen LogP contribution in [-0.2, 0) is 0 Å². The first-order valence-electron chi connectivity index (χ1n) is 6.24. The molecular weight excluding hydrogens is 315 g/mol. The molecule has 1 saturated heterocycles. The van der Waals surface area contributed by atoms with E-state index in [0.29, 0.717) is 15.8 Å². The highest BCUT2D eigenvalue weighted by molar-refractivity contribution is 9.10. The molecule has 0 saturated carbocycles. The topological polar surface area (TPSA) is 44.7 Å². The normalized spacial score (nSPS) is 18.3. The lowest BCUT2D eigenvalue weighted by Gasteiger charge is -2.34. The Balaban J connectivity index is 2.33. The Hall–Kier alpha value is -0.850. The third-order valence-electron chi connectivity index (χ3n) is 3.40. The van der Waals surface area contributed by atoms with E-state index >= 15 is 0 Å². The fraction of sp³-hybridized carbons (Fsp3) is 0.538. The molecule has 1 atom stereocenters. The number of hydrogen-bond acceptors (Lipinski definition) is 4. The van der Waals surface area contributed by atoms with Gasteiger partial charge in [-0.2, -0.15) is 0 Å². The van der Waals surface area contributed by atoms with Gasteiger partial charge >= 0.3 is 0 Å². The average Bonchev–Trinajstić information content (AvgIpc) is 2.45. The first-order valence-corrected chi connectivity index (χ1v) is 7.03. The maximum Gasteiger partial charge on any atom is 0.134 e. The second-order valence-corrected chi connectivity index (χ2v) is 5.36. The van der Waals surface area contributed by atoms with Gasteiger partial charge in [0.2, 0.25) is 0 Å². The molecule has 0 amide bonds. The summed E-state index contributed by atoms with van der Waals surface area (Å²) >= 11 is 3.28. The van der Waals surface area contributed by atoms with Crippen molar-refractivity contribution >= 4 is 15.9 Å². The number of benzene rings is 1. The van der Waals surface area contributed by atoms with Crippen molar-refractivity contribution in [3.05, 3.63) is 22.2 Å². The van der Waals surface area contributed by atoms with Gasteiger partial charge in [0.1, 0.15) is 18.2 Å². The quantitative estimate of drug-likeness (QED) is 0.886. The Morgan fingerprint density at radius 2 is 2.16 bits per heavy atom. The Kier molecular flexibility index (Phi) is 5.01. The molecule has 6 heteroatoms. The molecule has 1 aliphatic rings. The van der Waals surface area contributed by atoms with Crippen LogP contribution >= 0.6 is 15.9 Å². The zero-order valence-corrected chi connectivity index (χ0v) is 12.4. The van der Waals surface area contributed by atoms with Gasteiger partial charge in [-0.1, -0.05) is 0 Å². The summed E-state index contributed by atoms with van der Waals surface area (Å²) in [6.45, 7) is 2.67. The summed E-state index contributed by atoms with van der Waals surface area (Å²) < 4.78 is 19.1. The number of ether oxygens (including phenoxy) is 1. The lowest BCUT2D eigenvalue weighted by atomic mass is 10.0. The van der Waals surface area contributed by atoms with Crippen molar-refractivity contribution in [3.63, 3.8) is 0 Å². The van der Waals surface area contributed by atoms with Crippen molar-refractivity contribution in [1.82, 2.24) is 10.2 Å². The number of halogens is 2. The lowest BCUT2D eigenvalue weighted by molar-refractivity contribution is 0.145. The highest BCUT2D eigenvalue weighted by Gasteiger charge is 2.26. The number of alkyl halides is 1. The van der Waals surface area contributed by atoms with Gasteiger partial charge in [0.25, 0.3) is 0 Å². The molecule has 0 spiro atoms. The Morgan fingerprint density at radius 1 is 1.47 bits per heavy atom. The number of rotatable bonds is 4. The number of phenolic OH excluding ortho intramolecular Hbond substituents is 1. The molecule has 4 nitrogen and oxygen atoms in total. The minimum atomic E-state index is -0.535. The third-order valence-corrected chi connectivity index (χ3v) is 4.00. The van der Waals surface area contributed by atoms with Crippen molar-refractivity contribution in [2.24, 2.45) is 0 Å². The SMILES string of the molecule is COc1cc(Br)c(O)c([C@@H](CF)N2CCNCC2)c1. The standard InChI is InChI=1S/C13H18BrFN2O2/c1-19-9-6-10(13(18)11(14)7-9)12(8-15)17-4-2-16-3-5-17/h6-7,12,16,18H,2-5,8H2,1H3/t12-/m1/s1. The van der Waals surface area contributed by atoms with Crippen LogP contribution in [0.4, 0.5) is 4.39 Å². The molecule has 1 aromatic rings. The van der Waals surface area contributed by atoms with Gasteiger partial charge in [-0.3, -0.25) is 4.90 Å². The Labute approximate surface area is 120 Å². The molecule has 0 aliphatic carbocycles. The summed E-state index contributed by atoms with van der Waals surface area (Å²) in [6.07, 6.45) is 0. The van der Waals surface area contributed by atoms with Crippen LogP contribution in [0, 0.1) is 0 Å². The Bertz CT molecular complexity index is 439. The van der Waals surface area contributed by atoms with E-state index in [1.54, 1.807) is 19.2 Å². The molecule has 0 bridgehead atoms. The second-order valence-electron chi connectivity index (χ2n) is 4.50. The fourth-order valence-electron chi connectivity index (χ4n) is 2.34. The number of aromatic hydroxyl groups is 1. The molecule has 1 aliphatic heterocycles. The first kappa shape index (κ1) is 14.6. The number of phenols is 1. The molecule has 2 N–H and O–H groups in total. The van der Waals surface area contributed by atoms with Crippen LogP contribution in [0.5, 0.6) is 11.5 Å². The number of piperazine rings is 1. The molecule has 19 heavy (non-hydrogen) atoms. The molecule has 0 aromatic heterocycles. The number of nitrogens with one attached hydrogen (secondary N) is 1. The van der Waals surface area contributed by atoms with E-state index < -0.39 is 12.7 Å². The third kappa shape index (κ3) is 3.19. The first-order chi connectivity index (χ1) is 9.17. The van der Waals surface area contributed by atoms with Gasteiger partial charge in [-0.15, -0.1) is 0 Å². The highest BCUT2D eigenvalue weighted by atomic mass is 79.9. The van der Waals surface area contributed by atoms with Gasteiger partial charge in [0.05, 0.1) is 17.6 Å². The summed E-state index contributed by atoms with van der Waals surface area (Å²) in [6, 6.07) is 2.94. The van der Waals surface area contributed by atoms with Crippen molar-refractivity contribution in [3.8, 4) is 11.5 Å². The molecule has 1 heterocycles. The van der Waals surface area contributed by atoms with Crippen LogP contribution in [0.2, 0.25) is 0 Å². The van der Waals surface area contributed by atoms with Crippen LogP contribution < -0.4 is 10.1 Å². The summed E-state index contributed by atoms with van der Waals surface area (Å²) in [7, 11) is 1.55. The fourth-order valence-corrected chi connectivity index (χ4v) is 2.79. The van der Waals surface area contributed by atoms with Gasteiger partial charge in [0, 0.05) is 31.7 Å². The van der Waals surface area contributed by atoms with E-state index in [-0.39, 0.29) is 5.75 Å². The van der Waals surface area contributed by atoms with Gasteiger partial charge in [0.15, 0.2) is 0 Å². The van der Waals surface area contributed by atoms with Gasteiger partial charge < -0.3 is 15.2 Å². The van der Waals surface area contributed by atoms with E-state index in [4.69, 9.17) is 4.74 Å². The number of nitrogens with zero attached hydrogens (tertiary/aromatic N) is 1. The van der Waals surface area contributed by atoms with Crippen LogP contribution in [0.15, 0.2) is 16.6 Å². The summed E-state index contributed by atoms with van der Waals surface area (Å²) in [5.74, 6) is 0.690. The zero-order valence-electron chi connectivity index (χ0n) is 10.8. The van der Waals surface area contributed by atoms with E-state index in [1.807, 2.05) is 4.90 Å². The minimum absolute atomic E-state index is 0.0852. The molecule has 2 rings (SSSR count). The maximum atomic E-state index is 13.4. The summed E-state index contributed by atoms with van der Waals surface area (Å²) in [5, 5.41) is 13.4. The van der Waals surface area contributed by atoms with E-state index in [0.717, 1.165) is 26.2 Å². The monoisotopic (exact) mass is 332 g/mol. The maximum absolute atomic E-state index is 13.4. The molecule has 0 radical (unpaired) electrons.